The monoisotopic (exact) mass is 206 g/mol. The van der Waals surface area contributed by atoms with Gasteiger partial charge < -0.3 is 5.11 Å². The Bertz CT molecular complexity index is 379. The number of aryl methyl sites for hydroxylation is 1. The average Bonchev–Trinajstić information content (AvgIpc) is 2.55. The SMILES string of the molecule is Cc1nn(C2C=CCCC2)c(C)c1CO. The molecule has 1 N–H and O–H groups in total. The van der Waals surface area contributed by atoms with Gasteiger partial charge in [0.15, 0.2) is 0 Å². The number of nitrogens with zero attached hydrogens (tertiary/aromatic N) is 2. The van der Waals surface area contributed by atoms with Crippen LogP contribution in [0.2, 0.25) is 0 Å². The minimum absolute atomic E-state index is 0.0914. The second kappa shape index (κ2) is 4.19. The fourth-order valence-electron chi connectivity index (χ4n) is 2.25. The van der Waals surface area contributed by atoms with Crippen LogP contribution in [-0.4, -0.2) is 14.9 Å². The van der Waals surface area contributed by atoms with Crippen LogP contribution < -0.4 is 0 Å². The van der Waals surface area contributed by atoms with Gasteiger partial charge >= 0.3 is 0 Å². The first-order chi connectivity index (χ1) is 7.24. The van der Waals surface area contributed by atoms with Crippen molar-refractivity contribution in [3.63, 3.8) is 0 Å². The zero-order chi connectivity index (χ0) is 10.8. The summed E-state index contributed by atoms with van der Waals surface area (Å²) in [6.45, 7) is 4.09. The Morgan fingerprint density at radius 2 is 2.33 bits per heavy atom. The van der Waals surface area contributed by atoms with Crippen LogP contribution in [0, 0.1) is 13.8 Å². The Morgan fingerprint density at radius 3 is 2.87 bits per heavy atom. The number of aromatic nitrogens is 2. The number of hydrogen-bond acceptors (Lipinski definition) is 2. The molecule has 1 aromatic rings. The second-order valence-electron chi connectivity index (χ2n) is 4.18. The topological polar surface area (TPSA) is 38.0 Å². The Labute approximate surface area is 90.4 Å². The summed E-state index contributed by atoms with van der Waals surface area (Å²) in [6, 6.07) is 0.387. The smallest absolute Gasteiger partial charge is 0.0718 e. The Morgan fingerprint density at radius 1 is 1.53 bits per heavy atom. The molecule has 3 heteroatoms. The maximum Gasteiger partial charge on any atom is 0.0718 e. The van der Waals surface area contributed by atoms with E-state index in [0.29, 0.717) is 6.04 Å². The minimum Gasteiger partial charge on any atom is -0.392 e. The molecule has 0 aromatic carbocycles. The van der Waals surface area contributed by atoms with Crippen molar-refractivity contribution in [3.8, 4) is 0 Å². The van der Waals surface area contributed by atoms with E-state index >= 15 is 0 Å². The third-order valence-corrected chi connectivity index (χ3v) is 3.18. The van der Waals surface area contributed by atoms with Crippen molar-refractivity contribution in [2.24, 2.45) is 0 Å². The third-order valence-electron chi connectivity index (χ3n) is 3.18. The van der Waals surface area contributed by atoms with Gasteiger partial charge in [-0.15, -0.1) is 0 Å². The molecule has 0 fully saturated rings. The largest absolute Gasteiger partial charge is 0.392 e. The predicted octanol–water partition coefficient (Wildman–Crippen LogP) is 2.27. The highest BCUT2D eigenvalue weighted by molar-refractivity contribution is 5.24. The van der Waals surface area contributed by atoms with E-state index in [1.165, 1.54) is 12.8 Å². The molecule has 82 valence electrons. The van der Waals surface area contributed by atoms with Gasteiger partial charge in [0.25, 0.3) is 0 Å². The van der Waals surface area contributed by atoms with Crippen LogP contribution >= 0.6 is 0 Å². The number of rotatable bonds is 2. The van der Waals surface area contributed by atoms with E-state index in [4.69, 9.17) is 0 Å². The van der Waals surface area contributed by atoms with Gasteiger partial charge in [-0.2, -0.15) is 5.10 Å². The normalized spacial score (nSPS) is 20.9. The summed E-state index contributed by atoms with van der Waals surface area (Å²) in [4.78, 5) is 0. The van der Waals surface area contributed by atoms with Gasteiger partial charge in [-0.3, -0.25) is 4.68 Å². The van der Waals surface area contributed by atoms with Crippen molar-refractivity contribution in [2.45, 2.75) is 45.8 Å². The molecular formula is C12H18N2O. The molecule has 1 aliphatic rings. The lowest BCUT2D eigenvalue weighted by Gasteiger charge is -2.18. The summed E-state index contributed by atoms with van der Waals surface area (Å²) in [5.41, 5.74) is 3.04. The molecule has 1 aromatic heterocycles. The molecule has 3 nitrogen and oxygen atoms in total. The highest BCUT2D eigenvalue weighted by Gasteiger charge is 2.17. The van der Waals surface area contributed by atoms with Crippen LogP contribution in [0.1, 0.15) is 42.3 Å². The fourth-order valence-corrected chi connectivity index (χ4v) is 2.25. The van der Waals surface area contributed by atoms with Crippen molar-refractivity contribution in [3.05, 3.63) is 29.1 Å². The molecule has 0 spiro atoms. The van der Waals surface area contributed by atoms with E-state index < -0.39 is 0 Å². The molecule has 2 rings (SSSR count). The molecule has 0 saturated heterocycles. The highest BCUT2D eigenvalue weighted by atomic mass is 16.3. The molecule has 0 bridgehead atoms. The second-order valence-corrected chi connectivity index (χ2v) is 4.18. The summed E-state index contributed by atoms with van der Waals surface area (Å²) in [5, 5.41) is 13.7. The molecule has 0 amide bonds. The van der Waals surface area contributed by atoms with Crippen molar-refractivity contribution < 1.29 is 5.11 Å². The lowest BCUT2D eigenvalue weighted by Crippen LogP contribution is -2.12. The summed E-state index contributed by atoms with van der Waals surface area (Å²) in [6.07, 6.45) is 8.02. The average molecular weight is 206 g/mol. The van der Waals surface area contributed by atoms with Crippen LogP contribution in [0.15, 0.2) is 12.2 Å². The van der Waals surface area contributed by atoms with Crippen LogP contribution in [-0.2, 0) is 6.61 Å². The number of aliphatic hydroxyl groups excluding tert-OH is 1. The van der Waals surface area contributed by atoms with E-state index in [9.17, 15) is 5.11 Å². The first kappa shape index (κ1) is 10.4. The van der Waals surface area contributed by atoms with Gasteiger partial charge in [-0.1, -0.05) is 12.2 Å². The zero-order valence-corrected chi connectivity index (χ0v) is 9.40. The van der Waals surface area contributed by atoms with Gasteiger partial charge in [0, 0.05) is 11.3 Å². The Balaban J connectivity index is 2.35. The van der Waals surface area contributed by atoms with E-state index in [1.54, 1.807) is 0 Å². The minimum atomic E-state index is 0.0914. The molecular weight excluding hydrogens is 188 g/mol. The van der Waals surface area contributed by atoms with Gasteiger partial charge in [-0.25, -0.2) is 0 Å². The number of allylic oxidation sites excluding steroid dienone is 2. The molecule has 0 radical (unpaired) electrons. The number of aliphatic hydroxyl groups is 1. The fraction of sp³-hybridized carbons (Fsp3) is 0.583. The quantitative estimate of drug-likeness (QED) is 0.754. The van der Waals surface area contributed by atoms with Crippen LogP contribution in [0.4, 0.5) is 0 Å². The Kier molecular flexibility index (Phi) is 2.91. The third kappa shape index (κ3) is 1.84. The summed E-state index contributed by atoms with van der Waals surface area (Å²) >= 11 is 0. The summed E-state index contributed by atoms with van der Waals surface area (Å²) < 4.78 is 2.05. The van der Waals surface area contributed by atoms with Crippen molar-refractivity contribution in [1.82, 2.24) is 9.78 Å². The van der Waals surface area contributed by atoms with Gasteiger partial charge in [-0.05, 0) is 33.1 Å². The van der Waals surface area contributed by atoms with Crippen molar-refractivity contribution >= 4 is 0 Å². The van der Waals surface area contributed by atoms with E-state index in [1.807, 2.05) is 13.8 Å². The van der Waals surface area contributed by atoms with Crippen molar-refractivity contribution in [1.29, 1.82) is 0 Å². The molecule has 1 atom stereocenters. The highest BCUT2D eigenvalue weighted by Crippen LogP contribution is 2.25. The van der Waals surface area contributed by atoms with Gasteiger partial charge in [0.1, 0.15) is 0 Å². The molecule has 1 unspecified atom stereocenters. The maximum absolute atomic E-state index is 9.24. The molecule has 1 aliphatic carbocycles. The summed E-state index contributed by atoms with van der Waals surface area (Å²) in [5.74, 6) is 0. The van der Waals surface area contributed by atoms with Crippen LogP contribution in [0.5, 0.6) is 0 Å². The van der Waals surface area contributed by atoms with Crippen molar-refractivity contribution in [2.75, 3.05) is 0 Å². The standard InChI is InChI=1S/C12H18N2O/c1-9-12(8-15)10(2)14(13-9)11-6-4-3-5-7-11/h4,6,11,15H,3,5,7-8H2,1-2H3. The predicted molar refractivity (Wildman–Crippen MR) is 59.7 cm³/mol. The molecule has 15 heavy (non-hydrogen) atoms. The lowest BCUT2D eigenvalue weighted by atomic mass is 10.0. The Hall–Kier alpha value is -1.09. The molecule has 0 saturated carbocycles. The first-order valence-corrected chi connectivity index (χ1v) is 5.56. The zero-order valence-electron chi connectivity index (χ0n) is 9.40. The van der Waals surface area contributed by atoms with E-state index in [0.717, 1.165) is 23.4 Å². The molecule has 1 heterocycles. The van der Waals surface area contributed by atoms with Crippen LogP contribution in [0.3, 0.4) is 0 Å². The molecule has 0 aliphatic heterocycles. The van der Waals surface area contributed by atoms with Gasteiger partial charge in [0.05, 0.1) is 18.3 Å². The van der Waals surface area contributed by atoms with E-state index in [-0.39, 0.29) is 6.61 Å². The number of hydrogen-bond donors (Lipinski definition) is 1. The first-order valence-electron chi connectivity index (χ1n) is 5.56. The summed E-state index contributed by atoms with van der Waals surface area (Å²) in [7, 11) is 0. The lowest BCUT2D eigenvalue weighted by molar-refractivity contribution is 0.280. The van der Waals surface area contributed by atoms with Crippen LogP contribution in [0.25, 0.3) is 0 Å². The van der Waals surface area contributed by atoms with Gasteiger partial charge in [0.2, 0.25) is 0 Å². The van der Waals surface area contributed by atoms with E-state index in [2.05, 4.69) is 21.9 Å². The maximum atomic E-state index is 9.24.